The average molecular weight is 293 g/mol. The molecule has 0 aliphatic heterocycles. The van der Waals surface area contributed by atoms with Crippen LogP contribution in [0.25, 0.3) is 0 Å². The summed E-state index contributed by atoms with van der Waals surface area (Å²) in [7, 11) is 3.68. The highest BCUT2D eigenvalue weighted by Crippen LogP contribution is 2.12. The van der Waals surface area contributed by atoms with Gasteiger partial charge in [-0.15, -0.1) is 0 Å². The van der Waals surface area contributed by atoms with Crippen molar-refractivity contribution < 1.29 is 9.26 Å². The second-order valence-corrected chi connectivity index (χ2v) is 5.41. The smallest absolute Gasteiger partial charge is 0.240 e. The molecule has 0 saturated carbocycles. The van der Waals surface area contributed by atoms with E-state index in [1.165, 1.54) is 5.69 Å². The zero-order chi connectivity index (χ0) is 15.2. The summed E-state index contributed by atoms with van der Waals surface area (Å²) in [6.45, 7) is 6.29. The molecule has 0 spiro atoms. The van der Waals surface area contributed by atoms with E-state index in [1.807, 2.05) is 19.6 Å². The minimum absolute atomic E-state index is 0.403. The Hall–Kier alpha value is -1.73. The fraction of sp³-hybridized carbons (Fsp3) is 0.643. The molecule has 0 atom stereocenters. The van der Waals surface area contributed by atoms with Gasteiger partial charge in [0.1, 0.15) is 0 Å². The molecule has 0 bridgehead atoms. The maximum atomic E-state index is 5.25. The molecule has 0 aliphatic carbocycles. The Bertz CT molecular complexity index is 549. The first-order valence-electron chi connectivity index (χ1n) is 7.09. The fourth-order valence-corrected chi connectivity index (χ4v) is 2.13. The number of hydrogen-bond donors (Lipinski definition) is 0. The number of methoxy groups -OCH3 is 1. The summed E-state index contributed by atoms with van der Waals surface area (Å²) in [5.41, 5.74) is 1.17. The predicted molar refractivity (Wildman–Crippen MR) is 77.7 cm³/mol. The van der Waals surface area contributed by atoms with Crippen molar-refractivity contribution in [3.05, 3.63) is 29.9 Å². The van der Waals surface area contributed by atoms with Crippen LogP contribution in [0.1, 0.15) is 37.3 Å². The van der Waals surface area contributed by atoms with Crippen LogP contribution in [0.5, 0.6) is 0 Å². The van der Waals surface area contributed by atoms with E-state index in [4.69, 9.17) is 9.26 Å². The summed E-state index contributed by atoms with van der Waals surface area (Å²) in [4.78, 5) is 10.7. The number of aromatic nitrogens is 4. The van der Waals surface area contributed by atoms with Crippen LogP contribution in [0.3, 0.4) is 0 Å². The molecule has 2 aromatic rings. The van der Waals surface area contributed by atoms with Crippen LogP contribution in [0, 0.1) is 0 Å². The summed E-state index contributed by atoms with van der Waals surface area (Å²) < 4.78 is 12.4. The molecule has 116 valence electrons. The molecule has 7 heteroatoms. The van der Waals surface area contributed by atoms with Gasteiger partial charge in [-0.2, -0.15) is 4.98 Å². The Morgan fingerprint density at radius 3 is 2.90 bits per heavy atom. The topological polar surface area (TPSA) is 69.2 Å². The largest absolute Gasteiger partial charge is 0.384 e. The van der Waals surface area contributed by atoms with Gasteiger partial charge >= 0.3 is 0 Å². The van der Waals surface area contributed by atoms with Crippen LogP contribution in [-0.2, 0) is 24.2 Å². The molecule has 0 radical (unpaired) electrons. The quantitative estimate of drug-likeness (QED) is 0.737. The third-order valence-corrected chi connectivity index (χ3v) is 3.18. The van der Waals surface area contributed by atoms with Crippen molar-refractivity contribution in [2.24, 2.45) is 0 Å². The van der Waals surface area contributed by atoms with E-state index in [-0.39, 0.29) is 0 Å². The summed E-state index contributed by atoms with van der Waals surface area (Å²) >= 11 is 0. The molecule has 21 heavy (non-hydrogen) atoms. The molecule has 0 N–H and O–H groups in total. The van der Waals surface area contributed by atoms with Crippen LogP contribution in [0.4, 0.5) is 0 Å². The van der Waals surface area contributed by atoms with Gasteiger partial charge in [-0.3, -0.25) is 4.90 Å². The monoisotopic (exact) mass is 293 g/mol. The maximum absolute atomic E-state index is 5.25. The van der Waals surface area contributed by atoms with E-state index in [9.17, 15) is 0 Å². The van der Waals surface area contributed by atoms with Gasteiger partial charge in [-0.25, -0.2) is 4.98 Å². The molecule has 0 aromatic carbocycles. The SMILES string of the molecule is COCCc1noc(CN(C)Cc2cncn2C(C)C)n1. The molecule has 0 saturated heterocycles. The van der Waals surface area contributed by atoms with Gasteiger partial charge < -0.3 is 13.8 Å². The van der Waals surface area contributed by atoms with Crippen molar-refractivity contribution in [1.82, 2.24) is 24.6 Å². The number of rotatable bonds is 8. The normalized spacial score (nSPS) is 11.7. The van der Waals surface area contributed by atoms with Crippen molar-refractivity contribution >= 4 is 0 Å². The van der Waals surface area contributed by atoms with E-state index in [1.54, 1.807) is 7.11 Å². The molecule has 2 rings (SSSR count). The zero-order valence-electron chi connectivity index (χ0n) is 13.1. The van der Waals surface area contributed by atoms with Gasteiger partial charge in [0.2, 0.25) is 5.89 Å². The fourth-order valence-electron chi connectivity index (χ4n) is 2.13. The Balaban J connectivity index is 1.90. The number of hydrogen-bond acceptors (Lipinski definition) is 6. The lowest BCUT2D eigenvalue weighted by Gasteiger charge is -2.17. The maximum Gasteiger partial charge on any atom is 0.240 e. The van der Waals surface area contributed by atoms with Crippen molar-refractivity contribution in [2.75, 3.05) is 20.8 Å². The van der Waals surface area contributed by atoms with E-state index >= 15 is 0 Å². The van der Waals surface area contributed by atoms with Crippen molar-refractivity contribution in [3.63, 3.8) is 0 Å². The highest BCUT2D eigenvalue weighted by atomic mass is 16.5. The molecule has 0 fully saturated rings. The lowest BCUT2D eigenvalue weighted by Crippen LogP contribution is -2.20. The number of ether oxygens (including phenoxy) is 1. The first-order chi connectivity index (χ1) is 10.1. The second-order valence-electron chi connectivity index (χ2n) is 5.41. The minimum Gasteiger partial charge on any atom is -0.384 e. The molecule has 7 nitrogen and oxygen atoms in total. The lowest BCUT2D eigenvalue weighted by molar-refractivity contribution is 0.199. The van der Waals surface area contributed by atoms with Gasteiger partial charge in [0.15, 0.2) is 5.82 Å². The molecular weight excluding hydrogens is 270 g/mol. The number of imidazole rings is 1. The van der Waals surface area contributed by atoms with Crippen molar-refractivity contribution in [2.45, 2.75) is 39.4 Å². The summed E-state index contributed by atoms with van der Waals surface area (Å²) in [6.07, 6.45) is 4.43. The van der Waals surface area contributed by atoms with Gasteiger partial charge in [-0.1, -0.05) is 5.16 Å². The Kier molecular flexibility index (Phi) is 5.46. The van der Waals surface area contributed by atoms with E-state index in [0.29, 0.717) is 37.3 Å². The van der Waals surface area contributed by atoms with Crippen LogP contribution in [0.15, 0.2) is 17.0 Å². The van der Waals surface area contributed by atoms with Gasteiger partial charge in [-0.05, 0) is 20.9 Å². The Morgan fingerprint density at radius 1 is 1.38 bits per heavy atom. The zero-order valence-corrected chi connectivity index (χ0v) is 13.1. The van der Waals surface area contributed by atoms with Crippen LogP contribution < -0.4 is 0 Å². The summed E-state index contributed by atoms with van der Waals surface area (Å²) in [5, 5.41) is 3.94. The summed E-state index contributed by atoms with van der Waals surface area (Å²) in [6, 6.07) is 0.403. The molecular formula is C14H23N5O2. The van der Waals surface area contributed by atoms with Crippen molar-refractivity contribution in [3.8, 4) is 0 Å². The Labute approximate surface area is 124 Å². The van der Waals surface area contributed by atoms with Gasteiger partial charge in [0.25, 0.3) is 0 Å². The third-order valence-electron chi connectivity index (χ3n) is 3.18. The lowest BCUT2D eigenvalue weighted by atomic mass is 10.3. The average Bonchev–Trinajstić information content (AvgIpc) is 3.05. The van der Waals surface area contributed by atoms with Crippen molar-refractivity contribution in [1.29, 1.82) is 0 Å². The molecule has 0 amide bonds. The molecule has 0 unspecified atom stereocenters. The standard InChI is InChI=1S/C14H23N5O2/c1-11(2)19-10-15-7-12(19)8-18(3)9-14-16-13(17-21-14)5-6-20-4/h7,10-11H,5-6,8-9H2,1-4H3. The van der Waals surface area contributed by atoms with E-state index in [0.717, 1.165) is 6.54 Å². The molecule has 0 aliphatic rings. The van der Waals surface area contributed by atoms with Gasteiger partial charge in [0, 0.05) is 32.3 Å². The predicted octanol–water partition coefficient (Wildman–Crippen LogP) is 1.67. The van der Waals surface area contributed by atoms with Crippen LogP contribution >= 0.6 is 0 Å². The van der Waals surface area contributed by atoms with Gasteiger partial charge in [0.05, 0.1) is 25.2 Å². The second kappa shape index (κ2) is 7.33. The first-order valence-corrected chi connectivity index (χ1v) is 7.09. The highest BCUT2D eigenvalue weighted by molar-refractivity contribution is 5.00. The number of nitrogens with zero attached hydrogens (tertiary/aromatic N) is 5. The summed E-state index contributed by atoms with van der Waals surface area (Å²) in [5.74, 6) is 1.31. The third kappa shape index (κ3) is 4.37. The van der Waals surface area contributed by atoms with E-state index < -0.39 is 0 Å². The van der Waals surface area contributed by atoms with Crippen LogP contribution in [0.2, 0.25) is 0 Å². The highest BCUT2D eigenvalue weighted by Gasteiger charge is 2.12. The Morgan fingerprint density at radius 2 is 2.19 bits per heavy atom. The molecule has 2 aromatic heterocycles. The van der Waals surface area contributed by atoms with Crippen LogP contribution in [-0.4, -0.2) is 45.4 Å². The van der Waals surface area contributed by atoms with E-state index in [2.05, 4.69) is 38.4 Å². The molecule has 2 heterocycles. The first kappa shape index (κ1) is 15.7. The minimum atomic E-state index is 0.403.